The van der Waals surface area contributed by atoms with Crippen LogP contribution < -0.4 is 5.69 Å². The van der Waals surface area contributed by atoms with Crippen LogP contribution in [0.3, 0.4) is 0 Å². The Morgan fingerprint density at radius 3 is 2.78 bits per heavy atom. The van der Waals surface area contributed by atoms with Gasteiger partial charge >= 0.3 is 5.69 Å². The second-order valence-corrected chi connectivity index (χ2v) is 6.99. The van der Waals surface area contributed by atoms with E-state index in [2.05, 4.69) is 20.2 Å². The summed E-state index contributed by atoms with van der Waals surface area (Å²) in [5.74, 6) is 2.05. The summed E-state index contributed by atoms with van der Waals surface area (Å²) in [5, 5.41) is 6.72. The Balaban J connectivity index is 1.32. The Kier molecular flexibility index (Phi) is 4.79. The zero-order valence-electron chi connectivity index (χ0n) is 15.4. The third-order valence-electron chi connectivity index (χ3n) is 5.33. The molecule has 0 bridgehead atoms. The number of piperidine rings is 1. The summed E-state index contributed by atoms with van der Waals surface area (Å²) in [4.78, 5) is 34.0. The van der Waals surface area contributed by atoms with Crippen LogP contribution in [0.1, 0.15) is 43.8 Å². The fraction of sp³-hybridized carbons (Fsp3) is 0.474. The number of carbonyl (C=O) groups is 1. The van der Waals surface area contributed by atoms with Crippen molar-refractivity contribution in [2.75, 3.05) is 13.1 Å². The number of nitrogens with one attached hydrogen (secondary N) is 2. The molecule has 0 aliphatic carbocycles. The smallest absolute Gasteiger partial charge is 0.343 e. The Labute approximate surface area is 156 Å². The molecule has 0 atom stereocenters. The summed E-state index contributed by atoms with van der Waals surface area (Å²) in [6.45, 7) is 3.96. The highest BCUT2D eigenvalue weighted by Crippen LogP contribution is 2.26. The highest BCUT2D eigenvalue weighted by atomic mass is 16.2. The second kappa shape index (κ2) is 7.38. The lowest BCUT2D eigenvalue weighted by atomic mass is 9.95. The van der Waals surface area contributed by atoms with Crippen LogP contribution in [0.15, 0.2) is 29.1 Å². The molecule has 1 saturated heterocycles. The lowest BCUT2D eigenvalue weighted by molar-refractivity contribution is -0.132. The molecule has 0 unspecified atom stereocenters. The first-order valence-corrected chi connectivity index (χ1v) is 9.52. The fourth-order valence-electron chi connectivity index (χ4n) is 3.84. The summed E-state index contributed by atoms with van der Waals surface area (Å²) < 4.78 is 1.68. The number of hydrogen-bond donors (Lipinski definition) is 2. The number of H-pyrrole nitrogens is 2. The summed E-state index contributed by atoms with van der Waals surface area (Å²) >= 11 is 0. The number of fused-ring (bicyclic) bond motifs is 1. The molecule has 1 aliphatic heterocycles. The number of likely N-dealkylation sites (tertiary alicyclic amines) is 1. The van der Waals surface area contributed by atoms with Crippen LogP contribution in [-0.4, -0.2) is 48.6 Å². The first-order valence-electron chi connectivity index (χ1n) is 9.52. The number of carbonyl (C=O) groups excluding carboxylic acids is 1. The van der Waals surface area contributed by atoms with Crippen molar-refractivity contribution in [3.05, 3.63) is 46.4 Å². The molecule has 3 heterocycles. The molecule has 8 nitrogen and oxygen atoms in total. The van der Waals surface area contributed by atoms with Crippen molar-refractivity contribution in [3.63, 3.8) is 0 Å². The molecule has 8 heteroatoms. The number of hydrogen-bond acceptors (Lipinski definition) is 4. The maximum atomic E-state index is 12.6. The first kappa shape index (κ1) is 17.5. The van der Waals surface area contributed by atoms with Crippen LogP contribution in [0, 0.1) is 0 Å². The number of imidazole rings is 1. The maximum Gasteiger partial charge on any atom is 0.343 e. The normalized spacial score (nSPS) is 15.5. The average Bonchev–Trinajstić information content (AvgIpc) is 3.28. The SMILES string of the molecule is CCn1c(C2CCN(C(=O)CCc3nc4ccccc4[nH]3)CC2)n[nH]c1=O. The predicted molar refractivity (Wildman–Crippen MR) is 101 cm³/mol. The number of rotatable bonds is 5. The van der Waals surface area contributed by atoms with Crippen molar-refractivity contribution in [1.82, 2.24) is 29.6 Å². The number of para-hydroxylation sites is 2. The highest BCUT2D eigenvalue weighted by Gasteiger charge is 2.27. The molecule has 0 radical (unpaired) electrons. The molecule has 1 fully saturated rings. The van der Waals surface area contributed by atoms with Crippen LogP contribution in [-0.2, 0) is 17.8 Å². The first-order chi connectivity index (χ1) is 13.2. The van der Waals surface area contributed by atoms with Gasteiger partial charge in [0.1, 0.15) is 11.6 Å². The van der Waals surface area contributed by atoms with E-state index < -0.39 is 0 Å². The molecule has 2 N–H and O–H groups in total. The van der Waals surface area contributed by atoms with Gasteiger partial charge in [0.15, 0.2) is 0 Å². The van der Waals surface area contributed by atoms with E-state index in [-0.39, 0.29) is 17.5 Å². The van der Waals surface area contributed by atoms with Crippen LogP contribution in [0.5, 0.6) is 0 Å². The zero-order valence-corrected chi connectivity index (χ0v) is 15.4. The minimum Gasteiger partial charge on any atom is -0.343 e. The molecule has 2 aromatic heterocycles. The number of aryl methyl sites for hydroxylation is 1. The van der Waals surface area contributed by atoms with Crippen LogP contribution in [0.4, 0.5) is 0 Å². The summed E-state index contributed by atoms with van der Waals surface area (Å²) in [6.07, 6.45) is 2.73. The number of aromatic nitrogens is 5. The Morgan fingerprint density at radius 2 is 2.04 bits per heavy atom. The van der Waals surface area contributed by atoms with Gasteiger partial charge in [-0.3, -0.25) is 9.36 Å². The topological polar surface area (TPSA) is 99.7 Å². The third-order valence-corrected chi connectivity index (χ3v) is 5.33. The van der Waals surface area contributed by atoms with Gasteiger partial charge in [-0.05, 0) is 31.9 Å². The van der Waals surface area contributed by atoms with E-state index in [9.17, 15) is 9.59 Å². The molecule has 27 heavy (non-hydrogen) atoms. The van der Waals surface area contributed by atoms with Gasteiger partial charge in [-0.15, -0.1) is 0 Å². The molecule has 0 saturated carbocycles. The van der Waals surface area contributed by atoms with Crippen LogP contribution >= 0.6 is 0 Å². The molecule has 0 spiro atoms. The highest BCUT2D eigenvalue weighted by molar-refractivity contribution is 5.77. The molecule has 1 amide bonds. The minimum absolute atomic E-state index is 0.156. The van der Waals surface area contributed by atoms with Crippen molar-refractivity contribution in [2.45, 2.75) is 45.1 Å². The Hall–Kier alpha value is -2.90. The van der Waals surface area contributed by atoms with Gasteiger partial charge in [0.05, 0.1) is 11.0 Å². The summed E-state index contributed by atoms with van der Waals surface area (Å²) in [6, 6.07) is 7.88. The third kappa shape index (κ3) is 3.51. The molecule has 3 aromatic rings. The van der Waals surface area contributed by atoms with Crippen molar-refractivity contribution in [2.24, 2.45) is 0 Å². The van der Waals surface area contributed by atoms with Crippen molar-refractivity contribution in [3.8, 4) is 0 Å². The van der Waals surface area contributed by atoms with Gasteiger partial charge in [0.25, 0.3) is 0 Å². The zero-order chi connectivity index (χ0) is 18.8. The molecule has 1 aliphatic rings. The summed E-state index contributed by atoms with van der Waals surface area (Å²) in [5.41, 5.74) is 1.78. The quantitative estimate of drug-likeness (QED) is 0.717. The van der Waals surface area contributed by atoms with E-state index in [1.165, 1.54) is 0 Å². The lowest BCUT2D eigenvalue weighted by Crippen LogP contribution is -2.38. The minimum atomic E-state index is -0.156. The average molecular weight is 368 g/mol. The van der Waals surface area contributed by atoms with Crippen molar-refractivity contribution < 1.29 is 4.79 Å². The van der Waals surface area contributed by atoms with Gasteiger partial charge < -0.3 is 9.88 Å². The van der Waals surface area contributed by atoms with E-state index in [0.29, 0.717) is 32.5 Å². The fourth-order valence-corrected chi connectivity index (χ4v) is 3.84. The Bertz CT molecular complexity index is 960. The van der Waals surface area contributed by atoms with Gasteiger partial charge in [0.2, 0.25) is 5.91 Å². The van der Waals surface area contributed by atoms with Crippen LogP contribution in [0.2, 0.25) is 0 Å². The molecular weight excluding hydrogens is 344 g/mol. The van der Waals surface area contributed by atoms with E-state index in [0.717, 1.165) is 35.5 Å². The van der Waals surface area contributed by atoms with Crippen molar-refractivity contribution >= 4 is 16.9 Å². The van der Waals surface area contributed by atoms with E-state index in [4.69, 9.17) is 0 Å². The molecule has 1 aromatic carbocycles. The lowest BCUT2D eigenvalue weighted by Gasteiger charge is -2.31. The van der Waals surface area contributed by atoms with E-state index in [1.807, 2.05) is 36.1 Å². The van der Waals surface area contributed by atoms with E-state index in [1.54, 1.807) is 4.57 Å². The predicted octanol–water partition coefficient (Wildman–Crippen LogP) is 1.81. The monoisotopic (exact) mass is 368 g/mol. The van der Waals surface area contributed by atoms with Crippen LogP contribution in [0.25, 0.3) is 11.0 Å². The number of amides is 1. The van der Waals surface area contributed by atoms with Crippen molar-refractivity contribution in [1.29, 1.82) is 0 Å². The van der Waals surface area contributed by atoms with Gasteiger partial charge in [-0.2, -0.15) is 5.10 Å². The Morgan fingerprint density at radius 1 is 1.26 bits per heavy atom. The number of benzene rings is 1. The molecule has 142 valence electrons. The van der Waals surface area contributed by atoms with Gasteiger partial charge in [-0.1, -0.05) is 12.1 Å². The number of nitrogens with zero attached hydrogens (tertiary/aromatic N) is 4. The summed E-state index contributed by atoms with van der Waals surface area (Å²) in [7, 11) is 0. The van der Waals surface area contributed by atoms with E-state index >= 15 is 0 Å². The molecule has 4 rings (SSSR count). The van der Waals surface area contributed by atoms with Gasteiger partial charge in [0, 0.05) is 38.4 Å². The standard InChI is InChI=1S/C19H24N6O2/c1-2-25-18(22-23-19(25)27)13-9-11-24(12-10-13)17(26)8-7-16-20-14-5-3-4-6-15(14)21-16/h3-6,13H,2,7-12H2,1H3,(H,20,21)(H,23,27). The largest absolute Gasteiger partial charge is 0.343 e. The number of aromatic amines is 2. The maximum absolute atomic E-state index is 12.6. The second-order valence-electron chi connectivity index (χ2n) is 6.99. The molecular formula is C19H24N6O2. The van der Waals surface area contributed by atoms with Gasteiger partial charge in [-0.25, -0.2) is 14.9 Å².